The monoisotopic (exact) mass is 268 g/mol. The van der Waals surface area contributed by atoms with Gasteiger partial charge in [-0.15, -0.1) is 0 Å². The van der Waals surface area contributed by atoms with Gasteiger partial charge in [0.1, 0.15) is 0 Å². The Morgan fingerprint density at radius 1 is 1.47 bits per heavy atom. The molecule has 1 aromatic rings. The average Bonchev–Trinajstić information content (AvgIpc) is 2.39. The molecule has 2 nitrogen and oxygen atoms in total. The van der Waals surface area contributed by atoms with Gasteiger partial charge in [-0.1, -0.05) is 15.9 Å². The van der Waals surface area contributed by atoms with E-state index in [4.69, 9.17) is 0 Å². The molecular weight excluding hydrogens is 252 g/mol. The Bertz CT molecular complexity index is 363. The van der Waals surface area contributed by atoms with Gasteiger partial charge in [0.05, 0.1) is 0 Å². The van der Waals surface area contributed by atoms with E-state index >= 15 is 0 Å². The third kappa shape index (κ3) is 2.18. The number of rotatable bonds is 1. The Hall–Kier alpha value is -0.540. The zero-order valence-corrected chi connectivity index (χ0v) is 10.9. The van der Waals surface area contributed by atoms with Gasteiger partial charge in [0.25, 0.3) is 0 Å². The van der Waals surface area contributed by atoms with Gasteiger partial charge >= 0.3 is 0 Å². The summed E-state index contributed by atoms with van der Waals surface area (Å²) in [6.07, 6.45) is 0. The first-order valence-electron chi connectivity index (χ1n) is 5.47. The molecule has 2 rings (SSSR count). The molecule has 0 radical (unpaired) electrons. The topological polar surface area (TPSA) is 15.3 Å². The Morgan fingerprint density at radius 2 is 2.27 bits per heavy atom. The number of hydrogen-bond acceptors (Lipinski definition) is 2. The molecule has 1 N–H and O–H groups in total. The van der Waals surface area contributed by atoms with E-state index in [-0.39, 0.29) is 0 Å². The number of anilines is 1. The quantitative estimate of drug-likeness (QED) is 0.843. The number of fused-ring (bicyclic) bond motifs is 1. The van der Waals surface area contributed by atoms with Crippen LogP contribution in [0.3, 0.4) is 0 Å². The fraction of sp³-hybridized carbons (Fsp3) is 0.500. The molecular formula is C12H17BrN2. The van der Waals surface area contributed by atoms with Gasteiger partial charge in [0.2, 0.25) is 0 Å². The van der Waals surface area contributed by atoms with Crippen LogP contribution >= 0.6 is 15.9 Å². The number of nitrogens with one attached hydrogen (secondary N) is 1. The molecule has 1 aliphatic heterocycles. The summed E-state index contributed by atoms with van der Waals surface area (Å²) in [6.45, 7) is 8.64. The highest BCUT2D eigenvalue weighted by atomic mass is 79.9. The van der Waals surface area contributed by atoms with Gasteiger partial charge in [-0.25, -0.2) is 0 Å². The van der Waals surface area contributed by atoms with E-state index in [1.165, 1.54) is 21.3 Å². The lowest BCUT2D eigenvalue weighted by atomic mass is 10.1. The van der Waals surface area contributed by atoms with Crippen LogP contribution in [0.2, 0.25) is 0 Å². The summed E-state index contributed by atoms with van der Waals surface area (Å²) >= 11 is 3.56. The minimum atomic E-state index is 0.978. The molecule has 0 saturated carbocycles. The summed E-state index contributed by atoms with van der Waals surface area (Å²) in [7, 11) is 0. The van der Waals surface area contributed by atoms with Gasteiger partial charge in [-0.05, 0) is 37.1 Å². The molecule has 0 amide bonds. The van der Waals surface area contributed by atoms with Gasteiger partial charge in [0.15, 0.2) is 0 Å². The lowest BCUT2D eigenvalue weighted by Gasteiger charge is -2.25. The normalized spacial score (nSPS) is 16.1. The molecule has 1 heterocycles. The molecule has 1 aliphatic rings. The predicted molar refractivity (Wildman–Crippen MR) is 68.5 cm³/mol. The van der Waals surface area contributed by atoms with Crippen LogP contribution in [0.15, 0.2) is 16.6 Å². The molecule has 15 heavy (non-hydrogen) atoms. The van der Waals surface area contributed by atoms with E-state index in [0.29, 0.717) is 0 Å². The number of hydrogen-bond donors (Lipinski definition) is 1. The van der Waals surface area contributed by atoms with Crippen molar-refractivity contribution in [2.24, 2.45) is 0 Å². The molecule has 0 saturated heterocycles. The lowest BCUT2D eigenvalue weighted by Crippen LogP contribution is -2.28. The maximum atomic E-state index is 3.56. The Morgan fingerprint density at radius 3 is 3.00 bits per heavy atom. The van der Waals surface area contributed by atoms with E-state index in [2.05, 4.69) is 52.1 Å². The zero-order valence-electron chi connectivity index (χ0n) is 9.31. The molecule has 3 heteroatoms. The van der Waals surface area contributed by atoms with Crippen molar-refractivity contribution in [2.45, 2.75) is 20.4 Å². The third-order valence-electron chi connectivity index (χ3n) is 2.92. The SMILES string of the molecule is CCN1CCNCc2cc(Br)cc(C)c21. The van der Waals surface area contributed by atoms with E-state index < -0.39 is 0 Å². The molecule has 0 spiro atoms. The van der Waals surface area contributed by atoms with Crippen molar-refractivity contribution in [1.29, 1.82) is 0 Å². The van der Waals surface area contributed by atoms with Crippen LogP contribution in [0.1, 0.15) is 18.1 Å². The standard InChI is InChI=1S/C12H17BrN2/c1-3-15-5-4-14-8-10-7-11(13)6-9(2)12(10)15/h6-7,14H,3-5,8H2,1-2H3. The summed E-state index contributed by atoms with van der Waals surface area (Å²) in [4.78, 5) is 2.46. The fourth-order valence-corrected chi connectivity index (χ4v) is 2.88. The largest absolute Gasteiger partial charge is 0.370 e. The zero-order chi connectivity index (χ0) is 10.8. The van der Waals surface area contributed by atoms with Crippen LogP contribution in [-0.2, 0) is 6.54 Å². The Labute approximate surface area is 99.8 Å². The summed E-state index contributed by atoms with van der Waals surface area (Å²) in [6, 6.07) is 4.43. The van der Waals surface area contributed by atoms with Crippen LogP contribution < -0.4 is 10.2 Å². The summed E-state index contributed by atoms with van der Waals surface area (Å²) in [5, 5.41) is 3.46. The number of benzene rings is 1. The minimum Gasteiger partial charge on any atom is -0.370 e. The predicted octanol–water partition coefficient (Wildman–Crippen LogP) is 2.69. The minimum absolute atomic E-state index is 0.978. The summed E-state index contributed by atoms with van der Waals surface area (Å²) in [5.74, 6) is 0. The first-order chi connectivity index (χ1) is 7.22. The average molecular weight is 269 g/mol. The van der Waals surface area contributed by atoms with Crippen LogP contribution in [0, 0.1) is 6.92 Å². The number of likely N-dealkylation sites (N-methyl/N-ethyl adjacent to an activating group) is 1. The molecule has 1 aromatic carbocycles. The first kappa shape index (κ1) is 11.0. The fourth-order valence-electron chi connectivity index (χ4n) is 2.26. The van der Waals surface area contributed by atoms with Crippen molar-refractivity contribution in [3.63, 3.8) is 0 Å². The highest BCUT2D eigenvalue weighted by molar-refractivity contribution is 9.10. The smallest absolute Gasteiger partial charge is 0.0442 e. The third-order valence-corrected chi connectivity index (χ3v) is 3.37. The Balaban J connectivity index is 2.50. The second-order valence-corrected chi connectivity index (χ2v) is 4.90. The van der Waals surface area contributed by atoms with E-state index in [0.717, 1.165) is 26.2 Å². The summed E-state index contributed by atoms with van der Waals surface area (Å²) in [5.41, 5.74) is 4.19. The molecule has 0 aromatic heterocycles. The molecule has 0 unspecified atom stereocenters. The van der Waals surface area contributed by atoms with Gasteiger partial charge in [-0.2, -0.15) is 0 Å². The van der Waals surface area contributed by atoms with E-state index in [9.17, 15) is 0 Å². The van der Waals surface area contributed by atoms with Crippen molar-refractivity contribution < 1.29 is 0 Å². The van der Waals surface area contributed by atoms with Crippen molar-refractivity contribution in [3.8, 4) is 0 Å². The first-order valence-corrected chi connectivity index (χ1v) is 6.26. The number of nitrogens with zero attached hydrogens (tertiary/aromatic N) is 1. The molecule has 0 atom stereocenters. The second-order valence-electron chi connectivity index (χ2n) is 3.99. The van der Waals surface area contributed by atoms with Crippen LogP contribution in [-0.4, -0.2) is 19.6 Å². The van der Waals surface area contributed by atoms with E-state index in [1.54, 1.807) is 0 Å². The van der Waals surface area contributed by atoms with Crippen LogP contribution in [0.5, 0.6) is 0 Å². The molecule has 0 aliphatic carbocycles. The molecule has 0 fully saturated rings. The van der Waals surface area contributed by atoms with Gasteiger partial charge in [-0.3, -0.25) is 0 Å². The summed E-state index contributed by atoms with van der Waals surface area (Å²) < 4.78 is 1.18. The number of aryl methyl sites for hydroxylation is 1. The maximum absolute atomic E-state index is 3.56. The van der Waals surface area contributed by atoms with Crippen molar-refractivity contribution in [3.05, 3.63) is 27.7 Å². The van der Waals surface area contributed by atoms with Crippen LogP contribution in [0.25, 0.3) is 0 Å². The van der Waals surface area contributed by atoms with Crippen LogP contribution in [0.4, 0.5) is 5.69 Å². The number of halogens is 1. The lowest BCUT2D eigenvalue weighted by molar-refractivity contribution is 0.695. The van der Waals surface area contributed by atoms with Crippen molar-refractivity contribution in [2.75, 3.05) is 24.5 Å². The second kappa shape index (κ2) is 4.54. The van der Waals surface area contributed by atoms with Gasteiger partial charge in [0, 0.05) is 36.3 Å². The van der Waals surface area contributed by atoms with Crippen molar-refractivity contribution in [1.82, 2.24) is 5.32 Å². The maximum Gasteiger partial charge on any atom is 0.0442 e. The highest BCUT2D eigenvalue weighted by Gasteiger charge is 2.16. The highest BCUT2D eigenvalue weighted by Crippen LogP contribution is 2.30. The van der Waals surface area contributed by atoms with Crippen molar-refractivity contribution >= 4 is 21.6 Å². The Kier molecular flexibility index (Phi) is 3.32. The van der Waals surface area contributed by atoms with E-state index in [1.807, 2.05) is 0 Å². The van der Waals surface area contributed by atoms with Gasteiger partial charge < -0.3 is 10.2 Å². The molecule has 82 valence electrons. The molecule has 0 bridgehead atoms.